The van der Waals surface area contributed by atoms with Crippen LogP contribution < -0.4 is 0 Å². The molecule has 0 fully saturated rings. The lowest BCUT2D eigenvalue weighted by molar-refractivity contribution is 0.273. The van der Waals surface area contributed by atoms with E-state index >= 15 is 0 Å². The number of aliphatic hydroxyl groups excluding tert-OH is 1. The van der Waals surface area contributed by atoms with Crippen LogP contribution in [0, 0.1) is 11.9 Å². The molecular weight excluding hydrogens is 215 g/mol. The summed E-state index contributed by atoms with van der Waals surface area (Å²) in [6, 6.07) is 15.2. The van der Waals surface area contributed by atoms with Crippen molar-refractivity contribution in [2.24, 2.45) is 0 Å². The molecule has 1 unspecified atom stereocenters. The topological polar surface area (TPSA) is 20.2 Å². The average Bonchev–Trinajstić information content (AvgIpc) is 2.38. The highest BCUT2D eigenvalue weighted by atomic mass is 19.1. The zero-order valence-electron chi connectivity index (χ0n) is 9.65. The summed E-state index contributed by atoms with van der Waals surface area (Å²) >= 11 is 0. The van der Waals surface area contributed by atoms with Crippen molar-refractivity contribution < 1.29 is 9.50 Å². The van der Waals surface area contributed by atoms with Crippen LogP contribution in [0.3, 0.4) is 0 Å². The Morgan fingerprint density at radius 3 is 2.76 bits per heavy atom. The van der Waals surface area contributed by atoms with Gasteiger partial charge in [0.25, 0.3) is 0 Å². The van der Waals surface area contributed by atoms with Gasteiger partial charge in [-0.05, 0) is 29.3 Å². The molecule has 2 aromatic carbocycles. The van der Waals surface area contributed by atoms with Crippen LogP contribution >= 0.6 is 0 Å². The molecule has 0 bridgehead atoms. The third-order valence-electron chi connectivity index (χ3n) is 2.85. The van der Waals surface area contributed by atoms with E-state index < -0.39 is 0 Å². The molecule has 2 aromatic rings. The lowest BCUT2D eigenvalue weighted by Crippen LogP contribution is -1.99. The van der Waals surface area contributed by atoms with Crippen LogP contribution in [0.15, 0.2) is 42.5 Å². The zero-order valence-corrected chi connectivity index (χ0v) is 9.65. The largest absolute Gasteiger partial charge is 0.396 e. The van der Waals surface area contributed by atoms with E-state index in [0.717, 1.165) is 11.1 Å². The minimum atomic E-state index is -0.262. The molecule has 0 saturated carbocycles. The van der Waals surface area contributed by atoms with Crippen molar-refractivity contribution in [1.82, 2.24) is 0 Å². The maximum absolute atomic E-state index is 13.9. The van der Waals surface area contributed by atoms with Gasteiger partial charge in [-0.1, -0.05) is 37.3 Å². The van der Waals surface area contributed by atoms with Gasteiger partial charge in [0, 0.05) is 18.1 Å². The molecular formula is C15H14FO. The monoisotopic (exact) mass is 229 g/mol. The summed E-state index contributed by atoms with van der Waals surface area (Å²) in [5.74, 6) is -0.303. The van der Waals surface area contributed by atoms with Crippen LogP contribution in [-0.2, 0) is 0 Å². The Kier molecular flexibility index (Phi) is 3.55. The predicted octanol–water partition coefficient (Wildman–Crippen LogP) is 3.39. The van der Waals surface area contributed by atoms with Gasteiger partial charge in [0.2, 0.25) is 0 Å². The number of hydrogen-bond donors (Lipinski definition) is 1. The maximum Gasteiger partial charge on any atom is 0.131 e. The van der Waals surface area contributed by atoms with Crippen molar-refractivity contribution in [1.29, 1.82) is 0 Å². The van der Waals surface area contributed by atoms with E-state index in [-0.39, 0.29) is 18.3 Å². The molecule has 1 N–H and O–H groups in total. The average molecular weight is 229 g/mol. The van der Waals surface area contributed by atoms with Crippen molar-refractivity contribution in [2.75, 3.05) is 6.61 Å². The fraction of sp³-hybridized carbons (Fsp3) is 0.200. The highest BCUT2D eigenvalue weighted by Crippen LogP contribution is 2.25. The van der Waals surface area contributed by atoms with Gasteiger partial charge in [0.05, 0.1) is 0 Å². The molecule has 0 aliphatic rings. The fourth-order valence-electron chi connectivity index (χ4n) is 1.74. The molecule has 0 aliphatic carbocycles. The molecule has 87 valence electrons. The summed E-state index contributed by atoms with van der Waals surface area (Å²) in [6.45, 7) is 1.89. The first kappa shape index (κ1) is 11.8. The molecule has 0 saturated heterocycles. The van der Waals surface area contributed by atoms with Crippen LogP contribution in [-0.4, -0.2) is 11.7 Å². The van der Waals surface area contributed by atoms with Crippen LogP contribution in [0.1, 0.15) is 18.4 Å². The quantitative estimate of drug-likeness (QED) is 0.855. The van der Waals surface area contributed by atoms with Crippen LogP contribution in [0.2, 0.25) is 0 Å². The number of aliphatic hydroxyl groups is 1. The number of hydrogen-bond acceptors (Lipinski definition) is 1. The summed E-state index contributed by atoms with van der Waals surface area (Å²) in [4.78, 5) is 0. The van der Waals surface area contributed by atoms with Crippen LogP contribution in [0.25, 0.3) is 11.1 Å². The number of benzene rings is 2. The van der Waals surface area contributed by atoms with Gasteiger partial charge in [-0.15, -0.1) is 0 Å². The van der Waals surface area contributed by atoms with E-state index in [1.165, 1.54) is 6.07 Å². The molecule has 0 spiro atoms. The Bertz CT molecular complexity index is 494. The second-order valence-electron chi connectivity index (χ2n) is 4.12. The summed E-state index contributed by atoms with van der Waals surface area (Å²) < 4.78 is 13.9. The molecule has 17 heavy (non-hydrogen) atoms. The molecule has 1 radical (unpaired) electrons. The molecule has 2 rings (SSSR count). The standard InChI is InChI=1S/C15H14FO/c1-11(10-17)13-7-8-14(15(16)9-13)12-5-3-2-4-6-12/h2-3,5-9,11,17H,10H2,1H3. The van der Waals surface area contributed by atoms with E-state index in [0.29, 0.717) is 5.56 Å². The van der Waals surface area contributed by atoms with Crippen LogP contribution in [0.4, 0.5) is 4.39 Å². The van der Waals surface area contributed by atoms with Gasteiger partial charge in [0.15, 0.2) is 0 Å². The van der Waals surface area contributed by atoms with Gasteiger partial charge in [-0.3, -0.25) is 0 Å². The third-order valence-corrected chi connectivity index (χ3v) is 2.85. The van der Waals surface area contributed by atoms with Gasteiger partial charge in [0.1, 0.15) is 5.82 Å². The van der Waals surface area contributed by atoms with Gasteiger partial charge < -0.3 is 5.11 Å². The zero-order chi connectivity index (χ0) is 12.3. The molecule has 1 atom stereocenters. The van der Waals surface area contributed by atoms with E-state index in [9.17, 15) is 4.39 Å². The smallest absolute Gasteiger partial charge is 0.131 e. The summed E-state index contributed by atoms with van der Waals surface area (Å²) in [6.07, 6.45) is 0. The summed E-state index contributed by atoms with van der Waals surface area (Å²) in [7, 11) is 0. The Balaban J connectivity index is 2.39. The van der Waals surface area contributed by atoms with Crippen LogP contribution in [0.5, 0.6) is 0 Å². The molecule has 0 amide bonds. The second-order valence-corrected chi connectivity index (χ2v) is 4.12. The normalized spacial score (nSPS) is 12.4. The summed E-state index contributed by atoms with van der Waals surface area (Å²) in [5.41, 5.74) is 2.19. The molecule has 0 aromatic heterocycles. The Hall–Kier alpha value is -1.67. The highest BCUT2D eigenvalue weighted by Gasteiger charge is 2.09. The molecule has 0 heterocycles. The minimum Gasteiger partial charge on any atom is -0.396 e. The molecule has 2 heteroatoms. The Labute approximate surface area is 101 Å². The van der Waals surface area contributed by atoms with E-state index in [1.807, 2.05) is 25.1 Å². The Morgan fingerprint density at radius 1 is 1.35 bits per heavy atom. The number of halogens is 1. The van der Waals surface area contributed by atoms with Crippen molar-refractivity contribution in [3.05, 3.63) is 59.9 Å². The van der Waals surface area contributed by atoms with Crippen molar-refractivity contribution in [2.45, 2.75) is 12.8 Å². The molecule has 0 aliphatic heterocycles. The maximum atomic E-state index is 13.9. The first-order chi connectivity index (χ1) is 8.22. The predicted molar refractivity (Wildman–Crippen MR) is 66.2 cm³/mol. The Morgan fingerprint density at radius 2 is 2.18 bits per heavy atom. The first-order valence-electron chi connectivity index (χ1n) is 5.59. The third kappa shape index (κ3) is 2.53. The van der Waals surface area contributed by atoms with Crippen molar-refractivity contribution in [3.8, 4) is 11.1 Å². The van der Waals surface area contributed by atoms with Crippen molar-refractivity contribution >= 4 is 0 Å². The highest BCUT2D eigenvalue weighted by molar-refractivity contribution is 5.64. The minimum absolute atomic E-state index is 0.0257. The second kappa shape index (κ2) is 5.11. The van der Waals surface area contributed by atoms with Gasteiger partial charge >= 0.3 is 0 Å². The van der Waals surface area contributed by atoms with Gasteiger partial charge in [-0.25, -0.2) is 4.39 Å². The van der Waals surface area contributed by atoms with Crippen molar-refractivity contribution in [3.63, 3.8) is 0 Å². The van der Waals surface area contributed by atoms with Gasteiger partial charge in [-0.2, -0.15) is 0 Å². The lowest BCUT2D eigenvalue weighted by Gasteiger charge is -2.10. The van der Waals surface area contributed by atoms with E-state index in [4.69, 9.17) is 5.11 Å². The lowest BCUT2D eigenvalue weighted by atomic mass is 9.97. The first-order valence-corrected chi connectivity index (χ1v) is 5.59. The molecule has 1 nitrogen and oxygen atoms in total. The van der Waals surface area contributed by atoms with E-state index in [2.05, 4.69) is 6.07 Å². The van der Waals surface area contributed by atoms with E-state index in [1.54, 1.807) is 18.2 Å². The SMILES string of the molecule is CC(CO)c1ccc(-c2c[c]ccc2)c(F)c1. The summed E-state index contributed by atoms with van der Waals surface area (Å²) in [5, 5.41) is 9.04. The fourth-order valence-corrected chi connectivity index (χ4v) is 1.74. The number of rotatable bonds is 3.